The van der Waals surface area contributed by atoms with Crippen molar-refractivity contribution in [2.45, 2.75) is 13.0 Å². The van der Waals surface area contributed by atoms with Gasteiger partial charge in [-0.1, -0.05) is 0 Å². The van der Waals surface area contributed by atoms with Crippen molar-refractivity contribution >= 4 is 5.91 Å². The summed E-state index contributed by atoms with van der Waals surface area (Å²) < 4.78 is 0. The Morgan fingerprint density at radius 1 is 1.53 bits per heavy atom. The van der Waals surface area contributed by atoms with E-state index in [2.05, 4.69) is 10.3 Å². The Bertz CT molecular complexity index is 479. The van der Waals surface area contributed by atoms with Crippen molar-refractivity contribution in [3.8, 4) is 5.88 Å². The molecule has 1 aliphatic heterocycles. The fraction of sp³-hybridized carbons (Fsp3) is 0.455. The van der Waals surface area contributed by atoms with Gasteiger partial charge in [-0.3, -0.25) is 14.6 Å². The van der Waals surface area contributed by atoms with Crippen LogP contribution >= 0.6 is 0 Å². The minimum atomic E-state index is -0.476. The Morgan fingerprint density at radius 3 is 2.71 bits per heavy atom. The van der Waals surface area contributed by atoms with Gasteiger partial charge in [0.25, 0.3) is 11.5 Å². The van der Waals surface area contributed by atoms with Crippen LogP contribution in [0, 0.1) is 0 Å². The number of amides is 1. The molecule has 0 spiro atoms. The molecular formula is C11H15N3O3. The molecule has 1 amide bonds. The van der Waals surface area contributed by atoms with Crippen LogP contribution in [0.25, 0.3) is 0 Å². The van der Waals surface area contributed by atoms with Crippen LogP contribution in [0.3, 0.4) is 0 Å². The normalized spacial score (nSPS) is 15.4. The minimum absolute atomic E-state index is 0.175. The van der Waals surface area contributed by atoms with Crippen LogP contribution in [0.5, 0.6) is 5.88 Å². The van der Waals surface area contributed by atoms with Crippen molar-refractivity contribution in [2.75, 3.05) is 19.6 Å². The molecule has 1 aromatic rings. The average molecular weight is 237 g/mol. The number of nitrogens with one attached hydrogen (secondary N) is 2. The molecule has 92 valence electrons. The van der Waals surface area contributed by atoms with E-state index >= 15 is 0 Å². The van der Waals surface area contributed by atoms with Crippen LogP contribution in [0.2, 0.25) is 0 Å². The lowest BCUT2D eigenvalue weighted by molar-refractivity contribution is 0.0629. The van der Waals surface area contributed by atoms with Crippen LogP contribution in [0.4, 0.5) is 0 Å². The van der Waals surface area contributed by atoms with Crippen molar-refractivity contribution in [1.82, 2.24) is 15.2 Å². The van der Waals surface area contributed by atoms with E-state index in [1.807, 2.05) is 6.92 Å². The van der Waals surface area contributed by atoms with Gasteiger partial charge in [0.15, 0.2) is 5.88 Å². The number of aromatic hydroxyl groups is 1. The molecule has 0 aromatic carbocycles. The zero-order chi connectivity index (χ0) is 12.4. The summed E-state index contributed by atoms with van der Waals surface area (Å²) in [6.45, 7) is 4.02. The fourth-order valence-electron chi connectivity index (χ4n) is 1.88. The lowest BCUT2D eigenvalue weighted by Crippen LogP contribution is -2.58. The highest BCUT2D eigenvalue weighted by atomic mass is 16.3. The number of pyridine rings is 1. The van der Waals surface area contributed by atoms with Gasteiger partial charge in [-0.05, 0) is 6.92 Å². The third-order valence-corrected chi connectivity index (χ3v) is 2.88. The lowest BCUT2D eigenvalue weighted by atomic mass is 10.1. The Kier molecular flexibility index (Phi) is 3.14. The molecule has 0 aliphatic carbocycles. The van der Waals surface area contributed by atoms with E-state index in [0.717, 1.165) is 13.1 Å². The van der Waals surface area contributed by atoms with E-state index in [4.69, 9.17) is 0 Å². The van der Waals surface area contributed by atoms with E-state index in [-0.39, 0.29) is 23.4 Å². The topological polar surface area (TPSA) is 85.4 Å². The number of nitrogens with zero attached hydrogens (tertiary/aromatic N) is 1. The predicted octanol–water partition coefficient (Wildman–Crippen LogP) is -0.486. The van der Waals surface area contributed by atoms with Crippen molar-refractivity contribution in [1.29, 1.82) is 0 Å². The van der Waals surface area contributed by atoms with E-state index in [0.29, 0.717) is 6.54 Å². The smallest absolute Gasteiger partial charge is 0.254 e. The van der Waals surface area contributed by atoms with E-state index in [9.17, 15) is 14.7 Å². The first-order chi connectivity index (χ1) is 8.11. The molecule has 0 bridgehead atoms. The number of likely N-dealkylation sites (N-methyl/N-ethyl adjacent to an activating group) is 1. The molecule has 1 aliphatic rings. The van der Waals surface area contributed by atoms with Gasteiger partial charge in [0.1, 0.15) is 0 Å². The Hall–Kier alpha value is -1.82. The Labute approximate surface area is 98.3 Å². The number of carbonyl (C=O) groups is 1. The van der Waals surface area contributed by atoms with Gasteiger partial charge < -0.3 is 15.3 Å². The summed E-state index contributed by atoms with van der Waals surface area (Å²) >= 11 is 0. The minimum Gasteiger partial charge on any atom is -0.494 e. The zero-order valence-corrected chi connectivity index (χ0v) is 9.56. The largest absolute Gasteiger partial charge is 0.494 e. The third-order valence-electron chi connectivity index (χ3n) is 2.88. The molecule has 0 unspecified atom stereocenters. The van der Waals surface area contributed by atoms with Gasteiger partial charge in [-0.15, -0.1) is 0 Å². The van der Waals surface area contributed by atoms with Gasteiger partial charge in [0.2, 0.25) is 0 Å². The molecule has 6 nitrogen and oxygen atoms in total. The maximum atomic E-state index is 12.1. The monoisotopic (exact) mass is 237 g/mol. The summed E-state index contributed by atoms with van der Waals surface area (Å²) in [5, 5.41) is 12.4. The number of rotatable bonds is 3. The highest BCUT2D eigenvalue weighted by molar-refractivity contribution is 5.94. The quantitative estimate of drug-likeness (QED) is 0.662. The molecule has 0 saturated carbocycles. The summed E-state index contributed by atoms with van der Waals surface area (Å²) in [4.78, 5) is 27.2. The van der Waals surface area contributed by atoms with Crippen LogP contribution in [-0.2, 0) is 0 Å². The number of hydrogen-bond acceptors (Lipinski definition) is 4. The van der Waals surface area contributed by atoms with Crippen molar-refractivity contribution in [2.24, 2.45) is 0 Å². The van der Waals surface area contributed by atoms with Gasteiger partial charge in [-0.2, -0.15) is 0 Å². The summed E-state index contributed by atoms with van der Waals surface area (Å²) in [6.07, 6.45) is 0. The lowest BCUT2D eigenvalue weighted by Gasteiger charge is -2.37. The molecule has 2 rings (SSSR count). The second-order valence-corrected chi connectivity index (χ2v) is 4.02. The predicted molar refractivity (Wildman–Crippen MR) is 62.1 cm³/mol. The second-order valence-electron chi connectivity index (χ2n) is 4.02. The van der Waals surface area contributed by atoms with E-state index < -0.39 is 5.56 Å². The highest BCUT2D eigenvalue weighted by Gasteiger charge is 2.28. The maximum Gasteiger partial charge on any atom is 0.254 e. The van der Waals surface area contributed by atoms with Gasteiger partial charge in [0, 0.05) is 31.8 Å². The molecule has 0 radical (unpaired) electrons. The van der Waals surface area contributed by atoms with E-state index in [1.54, 1.807) is 4.90 Å². The first kappa shape index (κ1) is 11.7. The van der Waals surface area contributed by atoms with Crippen molar-refractivity contribution in [3.05, 3.63) is 28.0 Å². The second kappa shape index (κ2) is 4.58. The van der Waals surface area contributed by atoms with Crippen LogP contribution in [0.1, 0.15) is 17.3 Å². The molecule has 3 N–H and O–H groups in total. The maximum absolute atomic E-state index is 12.1. The average Bonchev–Trinajstić information content (AvgIpc) is 2.20. The number of H-pyrrole nitrogens is 1. The summed E-state index contributed by atoms with van der Waals surface area (Å²) in [5.41, 5.74) is -0.254. The summed E-state index contributed by atoms with van der Waals surface area (Å²) in [7, 11) is 0. The molecule has 6 heteroatoms. The first-order valence-electron chi connectivity index (χ1n) is 5.57. The van der Waals surface area contributed by atoms with E-state index in [1.165, 1.54) is 12.1 Å². The molecule has 17 heavy (non-hydrogen) atoms. The highest BCUT2D eigenvalue weighted by Crippen LogP contribution is 2.12. The van der Waals surface area contributed by atoms with Crippen LogP contribution < -0.4 is 10.9 Å². The van der Waals surface area contributed by atoms with Crippen molar-refractivity contribution in [3.63, 3.8) is 0 Å². The Morgan fingerprint density at radius 2 is 2.24 bits per heavy atom. The summed E-state index contributed by atoms with van der Waals surface area (Å²) in [6, 6.07) is 2.66. The van der Waals surface area contributed by atoms with Gasteiger partial charge >= 0.3 is 0 Å². The number of carbonyl (C=O) groups excluding carboxylic acids is 1. The van der Waals surface area contributed by atoms with Gasteiger partial charge in [0.05, 0.1) is 11.6 Å². The SMILES string of the molecule is CCN(C(=O)c1cc(O)[nH]c(=O)c1)C1CNC1. The molecule has 1 aromatic heterocycles. The molecule has 1 saturated heterocycles. The molecule has 2 heterocycles. The number of aromatic nitrogens is 1. The summed E-state index contributed by atoms with van der Waals surface area (Å²) in [5.74, 6) is -0.510. The third kappa shape index (κ3) is 2.31. The van der Waals surface area contributed by atoms with Crippen LogP contribution in [-0.4, -0.2) is 46.6 Å². The Balaban J connectivity index is 2.25. The first-order valence-corrected chi connectivity index (χ1v) is 5.57. The molecule has 0 atom stereocenters. The van der Waals surface area contributed by atoms with Gasteiger partial charge in [-0.25, -0.2) is 0 Å². The standard InChI is InChI=1S/C11H15N3O3/c1-2-14(8-5-12-6-8)11(17)7-3-9(15)13-10(16)4-7/h3-4,8,12H,2,5-6H2,1H3,(H2,13,15,16). The van der Waals surface area contributed by atoms with Crippen LogP contribution in [0.15, 0.2) is 16.9 Å². The number of hydrogen-bond donors (Lipinski definition) is 3. The van der Waals surface area contributed by atoms with Crippen molar-refractivity contribution < 1.29 is 9.90 Å². The number of aromatic amines is 1. The molecular weight excluding hydrogens is 222 g/mol. The zero-order valence-electron chi connectivity index (χ0n) is 9.56. The molecule has 1 fully saturated rings. The fourth-order valence-corrected chi connectivity index (χ4v) is 1.88.